The molecular weight excluding hydrogens is 370 g/mol. The number of amides is 2. The Morgan fingerprint density at radius 1 is 1.07 bits per heavy atom. The van der Waals surface area contributed by atoms with Crippen LogP contribution < -0.4 is 15.4 Å². The van der Waals surface area contributed by atoms with E-state index >= 15 is 0 Å². The van der Waals surface area contributed by atoms with Gasteiger partial charge >= 0.3 is 6.09 Å². The summed E-state index contributed by atoms with van der Waals surface area (Å²) in [6.45, 7) is 3.80. The first kappa shape index (κ1) is 21.8. The SMILES string of the molecule is CC(C)C[C@H](NC(=O)OCc1cccc(Oc2ccccc2)c1)C(=O)NCC#N. The minimum Gasteiger partial charge on any atom is -0.457 e. The van der Waals surface area contributed by atoms with Crippen LogP contribution >= 0.6 is 0 Å². The third kappa shape index (κ3) is 7.93. The summed E-state index contributed by atoms with van der Waals surface area (Å²) in [6.07, 6.45) is -0.260. The highest BCUT2D eigenvalue weighted by Crippen LogP contribution is 2.22. The minimum atomic E-state index is -0.761. The van der Waals surface area contributed by atoms with E-state index in [2.05, 4.69) is 10.6 Å². The first-order valence-electron chi connectivity index (χ1n) is 9.37. The molecule has 0 heterocycles. The fourth-order valence-corrected chi connectivity index (χ4v) is 2.61. The highest BCUT2D eigenvalue weighted by Gasteiger charge is 2.22. The van der Waals surface area contributed by atoms with E-state index in [0.29, 0.717) is 17.9 Å². The van der Waals surface area contributed by atoms with Crippen LogP contribution in [0, 0.1) is 17.2 Å². The van der Waals surface area contributed by atoms with Gasteiger partial charge in [0.2, 0.25) is 5.91 Å². The quantitative estimate of drug-likeness (QED) is 0.630. The van der Waals surface area contributed by atoms with Gasteiger partial charge in [-0.15, -0.1) is 0 Å². The number of nitrogens with zero attached hydrogens (tertiary/aromatic N) is 1. The van der Waals surface area contributed by atoms with Crippen LogP contribution in [0.4, 0.5) is 4.79 Å². The van der Waals surface area contributed by atoms with Crippen LogP contribution in [0.25, 0.3) is 0 Å². The van der Waals surface area contributed by atoms with E-state index in [1.807, 2.05) is 68.4 Å². The average molecular weight is 395 g/mol. The number of ether oxygens (including phenoxy) is 2. The molecule has 0 bridgehead atoms. The summed E-state index contributed by atoms with van der Waals surface area (Å²) in [6, 6.07) is 17.7. The molecule has 0 aromatic heterocycles. The van der Waals surface area contributed by atoms with Crippen molar-refractivity contribution in [3.63, 3.8) is 0 Å². The molecule has 7 heteroatoms. The first-order chi connectivity index (χ1) is 14.0. The van der Waals surface area contributed by atoms with Crippen molar-refractivity contribution in [2.45, 2.75) is 32.9 Å². The van der Waals surface area contributed by atoms with Gasteiger partial charge < -0.3 is 20.1 Å². The van der Waals surface area contributed by atoms with Crippen molar-refractivity contribution >= 4 is 12.0 Å². The van der Waals surface area contributed by atoms with Gasteiger partial charge in [0.15, 0.2) is 0 Å². The van der Waals surface area contributed by atoms with E-state index in [-0.39, 0.29) is 19.1 Å². The molecule has 2 aromatic rings. The summed E-state index contributed by atoms with van der Waals surface area (Å²) in [5.74, 6) is 1.12. The Bertz CT molecular complexity index is 847. The number of carbonyl (C=O) groups excluding carboxylic acids is 2. The molecule has 0 saturated heterocycles. The number of rotatable bonds is 9. The summed E-state index contributed by atoms with van der Waals surface area (Å²) < 4.78 is 11.0. The molecule has 0 aliphatic rings. The van der Waals surface area contributed by atoms with Crippen molar-refractivity contribution in [3.8, 4) is 17.6 Å². The fraction of sp³-hybridized carbons (Fsp3) is 0.318. The molecule has 0 aliphatic carbocycles. The number of hydrogen-bond donors (Lipinski definition) is 2. The highest BCUT2D eigenvalue weighted by atomic mass is 16.5. The molecule has 2 rings (SSSR count). The lowest BCUT2D eigenvalue weighted by atomic mass is 10.0. The molecule has 2 aromatic carbocycles. The molecule has 0 saturated carbocycles. The molecule has 2 amide bonds. The molecule has 2 N–H and O–H groups in total. The van der Waals surface area contributed by atoms with Crippen LogP contribution in [0.5, 0.6) is 11.5 Å². The van der Waals surface area contributed by atoms with Crippen LogP contribution in [0.3, 0.4) is 0 Å². The Hall–Kier alpha value is -3.53. The molecular formula is C22H25N3O4. The van der Waals surface area contributed by atoms with Crippen LogP contribution in [-0.4, -0.2) is 24.6 Å². The number of hydrogen-bond acceptors (Lipinski definition) is 5. The second-order valence-corrected chi connectivity index (χ2v) is 6.84. The summed E-state index contributed by atoms with van der Waals surface area (Å²) in [4.78, 5) is 24.3. The molecule has 0 unspecified atom stereocenters. The van der Waals surface area contributed by atoms with Gasteiger partial charge in [0.05, 0.1) is 6.07 Å². The van der Waals surface area contributed by atoms with Crippen molar-refractivity contribution in [1.82, 2.24) is 10.6 Å². The molecule has 7 nitrogen and oxygen atoms in total. The average Bonchev–Trinajstić information content (AvgIpc) is 2.70. The van der Waals surface area contributed by atoms with E-state index < -0.39 is 18.0 Å². The Kier molecular flexibility index (Phi) is 8.51. The topological polar surface area (TPSA) is 100 Å². The van der Waals surface area contributed by atoms with Crippen LogP contribution in [-0.2, 0) is 16.1 Å². The Morgan fingerprint density at radius 3 is 2.48 bits per heavy atom. The van der Waals surface area contributed by atoms with Crippen molar-refractivity contribution in [3.05, 3.63) is 60.2 Å². The van der Waals surface area contributed by atoms with E-state index in [9.17, 15) is 9.59 Å². The van der Waals surface area contributed by atoms with Gasteiger partial charge in [0.1, 0.15) is 30.7 Å². The van der Waals surface area contributed by atoms with Gasteiger partial charge in [-0.3, -0.25) is 4.79 Å². The zero-order chi connectivity index (χ0) is 21.1. The lowest BCUT2D eigenvalue weighted by molar-refractivity contribution is -0.123. The molecule has 0 aliphatic heterocycles. The Morgan fingerprint density at radius 2 is 1.79 bits per heavy atom. The number of carbonyl (C=O) groups is 2. The Balaban J connectivity index is 1.90. The first-order valence-corrected chi connectivity index (χ1v) is 9.37. The van der Waals surface area contributed by atoms with Crippen LogP contribution in [0.15, 0.2) is 54.6 Å². The van der Waals surface area contributed by atoms with Crippen LogP contribution in [0.2, 0.25) is 0 Å². The largest absolute Gasteiger partial charge is 0.457 e. The van der Waals surface area contributed by atoms with E-state index in [1.165, 1.54) is 0 Å². The fourth-order valence-electron chi connectivity index (χ4n) is 2.61. The zero-order valence-electron chi connectivity index (χ0n) is 16.6. The second kappa shape index (κ2) is 11.3. The van der Waals surface area contributed by atoms with Crippen molar-refractivity contribution in [2.24, 2.45) is 5.92 Å². The summed E-state index contributed by atoms with van der Waals surface area (Å²) in [7, 11) is 0. The summed E-state index contributed by atoms with van der Waals surface area (Å²) in [5, 5.41) is 13.6. The number of nitriles is 1. The van der Waals surface area contributed by atoms with Gasteiger partial charge in [-0.25, -0.2) is 4.79 Å². The maximum absolute atomic E-state index is 12.2. The Labute approximate surface area is 170 Å². The van der Waals surface area contributed by atoms with Gasteiger partial charge in [0, 0.05) is 0 Å². The number of benzene rings is 2. The molecule has 0 fully saturated rings. The lowest BCUT2D eigenvalue weighted by Crippen LogP contribution is -2.47. The monoisotopic (exact) mass is 395 g/mol. The smallest absolute Gasteiger partial charge is 0.408 e. The molecule has 29 heavy (non-hydrogen) atoms. The molecule has 1 atom stereocenters. The van der Waals surface area contributed by atoms with Crippen molar-refractivity contribution < 1.29 is 19.1 Å². The normalized spacial score (nSPS) is 11.2. The third-order valence-corrected chi connectivity index (χ3v) is 3.90. The van der Waals surface area contributed by atoms with Gasteiger partial charge in [0.25, 0.3) is 0 Å². The van der Waals surface area contributed by atoms with Gasteiger partial charge in [-0.1, -0.05) is 44.2 Å². The second-order valence-electron chi connectivity index (χ2n) is 6.84. The van der Waals surface area contributed by atoms with Crippen molar-refractivity contribution in [2.75, 3.05) is 6.54 Å². The van der Waals surface area contributed by atoms with E-state index in [1.54, 1.807) is 6.07 Å². The number of para-hydroxylation sites is 1. The number of nitrogens with one attached hydrogen (secondary N) is 2. The van der Waals surface area contributed by atoms with Crippen molar-refractivity contribution in [1.29, 1.82) is 5.26 Å². The standard InChI is InChI=1S/C22H25N3O4/c1-16(2)13-20(21(26)24-12-11-23)25-22(27)28-15-17-7-6-10-19(14-17)29-18-8-4-3-5-9-18/h3-10,14,16,20H,12-13,15H2,1-2H3,(H,24,26)(H,25,27)/t20-/m0/s1. The number of alkyl carbamates (subject to hydrolysis) is 1. The molecule has 0 radical (unpaired) electrons. The summed E-state index contributed by atoms with van der Waals surface area (Å²) >= 11 is 0. The maximum Gasteiger partial charge on any atom is 0.408 e. The van der Waals surface area contributed by atoms with E-state index in [0.717, 1.165) is 5.56 Å². The van der Waals surface area contributed by atoms with E-state index in [4.69, 9.17) is 14.7 Å². The predicted molar refractivity (Wildman–Crippen MR) is 108 cm³/mol. The van der Waals surface area contributed by atoms with Gasteiger partial charge in [-0.2, -0.15) is 5.26 Å². The third-order valence-electron chi connectivity index (χ3n) is 3.90. The van der Waals surface area contributed by atoms with Crippen LogP contribution in [0.1, 0.15) is 25.8 Å². The molecule has 0 spiro atoms. The summed E-state index contributed by atoms with van der Waals surface area (Å²) in [5.41, 5.74) is 0.753. The lowest BCUT2D eigenvalue weighted by Gasteiger charge is -2.19. The zero-order valence-corrected chi connectivity index (χ0v) is 16.6. The highest BCUT2D eigenvalue weighted by molar-refractivity contribution is 5.85. The van der Waals surface area contributed by atoms with Gasteiger partial charge in [-0.05, 0) is 42.2 Å². The predicted octanol–water partition coefficient (Wildman–Crippen LogP) is 3.76. The molecule has 152 valence electrons. The maximum atomic E-state index is 12.2. The minimum absolute atomic E-state index is 0.0338.